The van der Waals surface area contributed by atoms with Crippen molar-refractivity contribution in [1.82, 2.24) is 5.32 Å². The normalized spacial score (nSPS) is 19.0. The van der Waals surface area contributed by atoms with Gasteiger partial charge in [-0.25, -0.2) is 0 Å². The molecule has 16 heavy (non-hydrogen) atoms. The van der Waals surface area contributed by atoms with Crippen molar-refractivity contribution in [2.24, 2.45) is 11.3 Å². The Morgan fingerprint density at radius 1 is 1.31 bits per heavy atom. The maximum absolute atomic E-state index is 11.8. The summed E-state index contributed by atoms with van der Waals surface area (Å²) < 4.78 is 0. The van der Waals surface area contributed by atoms with Crippen molar-refractivity contribution in [2.75, 3.05) is 13.2 Å². The molecule has 3 nitrogen and oxygen atoms in total. The van der Waals surface area contributed by atoms with Crippen LogP contribution in [0.1, 0.15) is 52.4 Å². The van der Waals surface area contributed by atoms with Crippen LogP contribution in [0.15, 0.2) is 0 Å². The zero-order chi connectivity index (χ0) is 12.0. The van der Waals surface area contributed by atoms with Crippen LogP contribution in [0.3, 0.4) is 0 Å². The van der Waals surface area contributed by atoms with Crippen LogP contribution in [0.5, 0.6) is 0 Å². The number of aliphatic hydroxyl groups is 1. The first-order valence-corrected chi connectivity index (χ1v) is 6.56. The van der Waals surface area contributed by atoms with Gasteiger partial charge in [-0.3, -0.25) is 4.79 Å². The van der Waals surface area contributed by atoms with Gasteiger partial charge in [0.15, 0.2) is 0 Å². The Labute approximate surface area is 98.6 Å². The predicted molar refractivity (Wildman–Crippen MR) is 65.1 cm³/mol. The van der Waals surface area contributed by atoms with E-state index in [4.69, 9.17) is 0 Å². The largest absolute Gasteiger partial charge is 0.396 e. The Hall–Kier alpha value is -0.570. The van der Waals surface area contributed by atoms with E-state index in [1.54, 1.807) is 0 Å². The van der Waals surface area contributed by atoms with E-state index in [9.17, 15) is 9.90 Å². The van der Waals surface area contributed by atoms with Crippen molar-refractivity contribution in [3.63, 3.8) is 0 Å². The summed E-state index contributed by atoms with van der Waals surface area (Å²) in [6, 6.07) is 0. The van der Waals surface area contributed by atoms with Gasteiger partial charge >= 0.3 is 0 Å². The van der Waals surface area contributed by atoms with Crippen LogP contribution in [0.25, 0.3) is 0 Å². The Kier molecular flexibility index (Phi) is 5.26. The molecule has 0 spiro atoms. The van der Waals surface area contributed by atoms with E-state index in [1.807, 2.05) is 13.8 Å². The first-order chi connectivity index (χ1) is 7.67. The van der Waals surface area contributed by atoms with Crippen molar-refractivity contribution >= 4 is 5.91 Å². The molecule has 1 saturated carbocycles. The summed E-state index contributed by atoms with van der Waals surface area (Å²) in [4.78, 5) is 11.8. The van der Waals surface area contributed by atoms with E-state index < -0.39 is 0 Å². The summed E-state index contributed by atoms with van der Waals surface area (Å²) in [5, 5.41) is 12.5. The molecule has 0 radical (unpaired) electrons. The van der Waals surface area contributed by atoms with E-state index in [1.165, 1.54) is 12.8 Å². The minimum absolute atomic E-state index is 0.0261. The number of rotatable bonds is 6. The summed E-state index contributed by atoms with van der Waals surface area (Å²) >= 11 is 0. The fraction of sp³-hybridized carbons (Fsp3) is 0.923. The molecule has 0 aromatic rings. The zero-order valence-corrected chi connectivity index (χ0v) is 10.6. The van der Waals surface area contributed by atoms with Crippen LogP contribution >= 0.6 is 0 Å². The highest BCUT2D eigenvalue weighted by molar-refractivity contribution is 5.78. The Balaban J connectivity index is 2.40. The van der Waals surface area contributed by atoms with Crippen molar-refractivity contribution in [3.8, 4) is 0 Å². The maximum atomic E-state index is 11.8. The van der Waals surface area contributed by atoms with Crippen LogP contribution in [0, 0.1) is 11.3 Å². The highest BCUT2D eigenvalue weighted by Crippen LogP contribution is 2.36. The molecule has 0 aromatic heterocycles. The molecule has 0 saturated heterocycles. The van der Waals surface area contributed by atoms with Gasteiger partial charge in [0.05, 0.1) is 6.61 Å². The summed E-state index contributed by atoms with van der Waals surface area (Å²) in [6.07, 6.45) is 6.26. The molecule has 1 aliphatic carbocycles. The number of nitrogens with one attached hydrogen (secondary N) is 1. The molecule has 1 aliphatic rings. The monoisotopic (exact) mass is 227 g/mol. The topological polar surface area (TPSA) is 49.3 Å². The summed E-state index contributed by atoms with van der Waals surface area (Å²) in [6.45, 7) is 4.95. The van der Waals surface area contributed by atoms with Gasteiger partial charge < -0.3 is 10.4 Å². The van der Waals surface area contributed by atoms with Crippen LogP contribution in [0.4, 0.5) is 0 Å². The molecule has 1 amide bonds. The van der Waals surface area contributed by atoms with Gasteiger partial charge in [0.25, 0.3) is 0 Å². The smallest absolute Gasteiger partial charge is 0.223 e. The number of hydrogen-bond acceptors (Lipinski definition) is 2. The van der Waals surface area contributed by atoms with Gasteiger partial charge in [-0.05, 0) is 25.7 Å². The quantitative estimate of drug-likeness (QED) is 0.730. The Morgan fingerprint density at radius 2 is 1.88 bits per heavy atom. The van der Waals surface area contributed by atoms with Gasteiger partial charge in [-0.2, -0.15) is 0 Å². The first-order valence-electron chi connectivity index (χ1n) is 6.56. The Morgan fingerprint density at radius 3 is 2.31 bits per heavy atom. The second-order valence-corrected chi connectivity index (χ2v) is 5.10. The third-order valence-corrected chi connectivity index (χ3v) is 3.99. The SMILES string of the molecule is CCC(CC)C(=O)NCC1(CO)CCCC1. The van der Waals surface area contributed by atoms with E-state index in [2.05, 4.69) is 5.32 Å². The molecule has 0 unspecified atom stereocenters. The van der Waals surface area contributed by atoms with Gasteiger partial charge in [-0.15, -0.1) is 0 Å². The molecule has 0 bridgehead atoms. The first kappa shape index (κ1) is 13.5. The number of carbonyl (C=O) groups excluding carboxylic acids is 1. The van der Waals surface area contributed by atoms with Crippen LogP contribution in [0.2, 0.25) is 0 Å². The molecule has 2 N–H and O–H groups in total. The van der Waals surface area contributed by atoms with Crippen LogP contribution in [-0.4, -0.2) is 24.2 Å². The van der Waals surface area contributed by atoms with Crippen molar-refractivity contribution in [1.29, 1.82) is 0 Å². The fourth-order valence-corrected chi connectivity index (χ4v) is 2.59. The van der Waals surface area contributed by atoms with E-state index in [0.717, 1.165) is 25.7 Å². The minimum Gasteiger partial charge on any atom is -0.396 e. The maximum Gasteiger partial charge on any atom is 0.223 e. The molecular formula is C13H25NO2. The molecule has 0 heterocycles. The number of hydrogen-bond donors (Lipinski definition) is 2. The lowest BCUT2D eigenvalue weighted by atomic mass is 9.87. The summed E-state index contributed by atoms with van der Waals surface area (Å²) in [7, 11) is 0. The summed E-state index contributed by atoms with van der Waals surface area (Å²) in [5.41, 5.74) is -0.0261. The minimum atomic E-state index is -0.0261. The van der Waals surface area contributed by atoms with Crippen molar-refractivity contribution in [3.05, 3.63) is 0 Å². The molecule has 1 fully saturated rings. The van der Waals surface area contributed by atoms with Crippen molar-refractivity contribution < 1.29 is 9.90 Å². The number of aliphatic hydroxyl groups excluding tert-OH is 1. The number of amides is 1. The summed E-state index contributed by atoms with van der Waals surface area (Å²) in [5.74, 6) is 0.293. The third-order valence-electron chi connectivity index (χ3n) is 3.99. The molecule has 0 atom stereocenters. The molecular weight excluding hydrogens is 202 g/mol. The standard InChI is InChI=1S/C13H25NO2/c1-3-11(4-2)12(16)14-9-13(10-15)7-5-6-8-13/h11,15H,3-10H2,1-2H3,(H,14,16). The van der Waals surface area contributed by atoms with E-state index in [0.29, 0.717) is 6.54 Å². The molecule has 0 aliphatic heterocycles. The lowest BCUT2D eigenvalue weighted by Gasteiger charge is -2.27. The van der Waals surface area contributed by atoms with Crippen LogP contribution < -0.4 is 5.32 Å². The second kappa shape index (κ2) is 6.24. The number of carbonyl (C=O) groups is 1. The lowest BCUT2D eigenvalue weighted by Crippen LogP contribution is -2.40. The molecule has 94 valence electrons. The van der Waals surface area contributed by atoms with E-state index in [-0.39, 0.29) is 23.8 Å². The zero-order valence-electron chi connectivity index (χ0n) is 10.6. The highest BCUT2D eigenvalue weighted by Gasteiger charge is 2.33. The predicted octanol–water partition coefficient (Wildman–Crippen LogP) is 2.09. The van der Waals surface area contributed by atoms with Gasteiger partial charge in [-0.1, -0.05) is 26.7 Å². The molecule has 1 rings (SSSR count). The second-order valence-electron chi connectivity index (χ2n) is 5.10. The van der Waals surface area contributed by atoms with Gasteiger partial charge in [0.2, 0.25) is 5.91 Å². The van der Waals surface area contributed by atoms with Crippen LogP contribution in [-0.2, 0) is 4.79 Å². The highest BCUT2D eigenvalue weighted by atomic mass is 16.3. The van der Waals surface area contributed by atoms with E-state index >= 15 is 0 Å². The third kappa shape index (κ3) is 3.21. The van der Waals surface area contributed by atoms with Gasteiger partial charge in [0, 0.05) is 17.9 Å². The average Bonchev–Trinajstić information content (AvgIpc) is 2.77. The lowest BCUT2D eigenvalue weighted by molar-refractivity contribution is -0.125. The van der Waals surface area contributed by atoms with Gasteiger partial charge in [0.1, 0.15) is 0 Å². The van der Waals surface area contributed by atoms with Crippen molar-refractivity contribution in [2.45, 2.75) is 52.4 Å². The Bertz CT molecular complexity index is 218. The fourth-order valence-electron chi connectivity index (χ4n) is 2.59. The molecule has 0 aromatic carbocycles. The molecule has 3 heteroatoms. The average molecular weight is 227 g/mol.